The smallest absolute Gasteiger partial charge is 0.121 e. The van der Waals surface area contributed by atoms with Crippen molar-refractivity contribution < 1.29 is 9.47 Å². The molecular formula is C27H26N2O2. The Balaban J connectivity index is 1.74. The van der Waals surface area contributed by atoms with Crippen LogP contribution in [0.25, 0.3) is 0 Å². The van der Waals surface area contributed by atoms with Crippen LogP contribution >= 0.6 is 0 Å². The van der Waals surface area contributed by atoms with Crippen LogP contribution in [-0.4, -0.2) is 13.2 Å². The van der Waals surface area contributed by atoms with E-state index in [4.69, 9.17) is 20.9 Å². The van der Waals surface area contributed by atoms with Gasteiger partial charge in [-0.15, -0.1) is 0 Å². The number of anilines is 2. The second-order valence-corrected chi connectivity index (χ2v) is 7.54. The molecule has 0 saturated heterocycles. The molecule has 0 saturated carbocycles. The van der Waals surface area contributed by atoms with E-state index in [1.54, 1.807) is 0 Å². The lowest BCUT2D eigenvalue weighted by atomic mass is 9.75. The minimum absolute atomic E-state index is 0.382. The van der Waals surface area contributed by atoms with Gasteiger partial charge in [0.25, 0.3) is 0 Å². The van der Waals surface area contributed by atoms with Crippen molar-refractivity contribution in [1.29, 1.82) is 0 Å². The lowest BCUT2D eigenvalue weighted by Crippen LogP contribution is -2.40. The lowest BCUT2D eigenvalue weighted by molar-refractivity contribution is 0.169. The first-order valence-electron chi connectivity index (χ1n) is 10.2. The van der Waals surface area contributed by atoms with E-state index in [0.29, 0.717) is 24.6 Å². The standard InChI is InChI=1S/C27H26N2O2/c28-23-13-7-15-25(17-23)30-19-27(21-9-3-1-4-10-21,22-11-5-2-6-12-22)20-31-26-16-8-14-24(29)18-26/h1-18H,19-20,28-29H2. The molecular weight excluding hydrogens is 384 g/mol. The van der Waals surface area contributed by atoms with Gasteiger partial charge in [0.05, 0.1) is 5.41 Å². The van der Waals surface area contributed by atoms with Gasteiger partial charge in [0.2, 0.25) is 0 Å². The van der Waals surface area contributed by atoms with Crippen LogP contribution in [0.15, 0.2) is 109 Å². The minimum Gasteiger partial charge on any atom is -0.492 e. The number of nitrogens with two attached hydrogens (primary N) is 2. The quantitative estimate of drug-likeness (QED) is 0.387. The van der Waals surface area contributed by atoms with Crippen molar-refractivity contribution in [3.8, 4) is 11.5 Å². The van der Waals surface area contributed by atoms with E-state index in [2.05, 4.69) is 24.3 Å². The minimum atomic E-state index is -0.544. The molecule has 0 spiro atoms. The van der Waals surface area contributed by atoms with E-state index in [1.165, 1.54) is 0 Å². The summed E-state index contributed by atoms with van der Waals surface area (Å²) in [7, 11) is 0. The second kappa shape index (κ2) is 9.26. The topological polar surface area (TPSA) is 70.5 Å². The van der Waals surface area contributed by atoms with Crippen molar-refractivity contribution in [2.24, 2.45) is 0 Å². The van der Waals surface area contributed by atoms with Gasteiger partial charge in [-0.3, -0.25) is 0 Å². The van der Waals surface area contributed by atoms with Crippen LogP contribution in [0, 0.1) is 0 Å². The summed E-state index contributed by atoms with van der Waals surface area (Å²) >= 11 is 0. The third kappa shape index (κ3) is 4.81. The van der Waals surface area contributed by atoms with Crippen LogP contribution in [0.5, 0.6) is 11.5 Å². The predicted octanol–water partition coefficient (Wildman–Crippen LogP) is 5.30. The van der Waals surface area contributed by atoms with E-state index >= 15 is 0 Å². The van der Waals surface area contributed by atoms with Gasteiger partial charge in [0.1, 0.15) is 24.7 Å². The Morgan fingerprint density at radius 2 is 0.935 bits per heavy atom. The average molecular weight is 411 g/mol. The fourth-order valence-electron chi connectivity index (χ4n) is 3.68. The average Bonchev–Trinajstić information content (AvgIpc) is 2.81. The number of benzene rings is 4. The van der Waals surface area contributed by atoms with Crippen molar-refractivity contribution in [2.45, 2.75) is 5.41 Å². The number of nitrogen functional groups attached to an aromatic ring is 2. The third-order valence-corrected chi connectivity index (χ3v) is 5.34. The maximum Gasteiger partial charge on any atom is 0.121 e. The molecule has 4 nitrogen and oxygen atoms in total. The van der Waals surface area contributed by atoms with E-state index in [1.807, 2.05) is 84.9 Å². The summed E-state index contributed by atoms with van der Waals surface area (Å²) in [6.45, 7) is 0.763. The van der Waals surface area contributed by atoms with Crippen molar-refractivity contribution in [3.63, 3.8) is 0 Å². The summed E-state index contributed by atoms with van der Waals surface area (Å²) in [6.07, 6.45) is 0. The first-order valence-corrected chi connectivity index (χ1v) is 10.2. The molecule has 4 N–H and O–H groups in total. The van der Waals surface area contributed by atoms with E-state index in [0.717, 1.165) is 22.6 Å². The van der Waals surface area contributed by atoms with Crippen LogP contribution in [0.2, 0.25) is 0 Å². The molecule has 0 heterocycles. The molecule has 4 heteroatoms. The van der Waals surface area contributed by atoms with Gasteiger partial charge >= 0.3 is 0 Å². The molecule has 4 aromatic carbocycles. The van der Waals surface area contributed by atoms with Crippen LogP contribution in [0.1, 0.15) is 11.1 Å². The third-order valence-electron chi connectivity index (χ3n) is 5.34. The maximum atomic E-state index is 6.29. The van der Waals surface area contributed by atoms with Crippen LogP contribution in [-0.2, 0) is 5.41 Å². The highest BCUT2D eigenvalue weighted by Crippen LogP contribution is 2.35. The molecule has 0 atom stereocenters. The fourth-order valence-corrected chi connectivity index (χ4v) is 3.68. The summed E-state index contributed by atoms with van der Waals surface area (Å²) in [5.74, 6) is 1.44. The van der Waals surface area contributed by atoms with E-state index in [9.17, 15) is 0 Å². The zero-order chi connectivity index (χ0) is 21.5. The molecule has 0 fully saturated rings. The van der Waals surface area contributed by atoms with E-state index < -0.39 is 5.41 Å². The Morgan fingerprint density at radius 3 is 1.32 bits per heavy atom. The number of ether oxygens (including phenoxy) is 2. The van der Waals surface area contributed by atoms with Gasteiger partial charge in [-0.1, -0.05) is 72.8 Å². The SMILES string of the molecule is Nc1cccc(OCC(COc2cccc(N)c2)(c2ccccc2)c2ccccc2)c1. The molecule has 156 valence electrons. The van der Waals surface area contributed by atoms with Gasteiger partial charge < -0.3 is 20.9 Å². The number of rotatable bonds is 8. The van der Waals surface area contributed by atoms with Crippen LogP contribution in [0.4, 0.5) is 11.4 Å². The lowest BCUT2D eigenvalue weighted by Gasteiger charge is -2.34. The van der Waals surface area contributed by atoms with Crippen molar-refractivity contribution in [2.75, 3.05) is 24.7 Å². The zero-order valence-electron chi connectivity index (χ0n) is 17.3. The molecule has 4 aromatic rings. The largest absolute Gasteiger partial charge is 0.492 e. The normalized spacial score (nSPS) is 11.1. The second-order valence-electron chi connectivity index (χ2n) is 7.54. The Bertz CT molecular complexity index is 1020. The molecule has 0 aliphatic carbocycles. The summed E-state index contributed by atoms with van der Waals surface area (Å²) in [4.78, 5) is 0. The Kier molecular flexibility index (Phi) is 6.08. The van der Waals surface area contributed by atoms with Gasteiger partial charge in [0, 0.05) is 23.5 Å². The zero-order valence-corrected chi connectivity index (χ0v) is 17.3. The first kappa shape index (κ1) is 20.4. The predicted molar refractivity (Wildman–Crippen MR) is 126 cm³/mol. The van der Waals surface area contributed by atoms with E-state index in [-0.39, 0.29) is 0 Å². The van der Waals surface area contributed by atoms with Crippen LogP contribution < -0.4 is 20.9 Å². The molecule has 0 aliphatic rings. The molecule has 4 rings (SSSR count). The van der Waals surface area contributed by atoms with Crippen molar-refractivity contribution >= 4 is 11.4 Å². The van der Waals surface area contributed by atoms with Gasteiger partial charge in [-0.05, 0) is 35.4 Å². The first-order chi connectivity index (χ1) is 15.2. The molecule has 0 amide bonds. The Hall–Kier alpha value is -3.92. The molecule has 0 bridgehead atoms. The molecule has 0 radical (unpaired) electrons. The highest BCUT2D eigenvalue weighted by molar-refractivity contribution is 5.46. The highest BCUT2D eigenvalue weighted by Gasteiger charge is 2.36. The monoisotopic (exact) mass is 410 g/mol. The number of hydrogen-bond donors (Lipinski definition) is 2. The molecule has 31 heavy (non-hydrogen) atoms. The highest BCUT2D eigenvalue weighted by atomic mass is 16.5. The summed E-state index contributed by atoms with van der Waals surface area (Å²) < 4.78 is 12.6. The summed E-state index contributed by atoms with van der Waals surface area (Å²) in [5.41, 5.74) is 14.9. The van der Waals surface area contributed by atoms with Gasteiger partial charge in [0.15, 0.2) is 0 Å². The fraction of sp³-hybridized carbons (Fsp3) is 0.111. The molecule has 0 unspecified atom stereocenters. The van der Waals surface area contributed by atoms with Crippen LogP contribution in [0.3, 0.4) is 0 Å². The van der Waals surface area contributed by atoms with Crippen molar-refractivity contribution in [3.05, 3.63) is 120 Å². The Labute approximate surface area is 183 Å². The van der Waals surface area contributed by atoms with Gasteiger partial charge in [-0.2, -0.15) is 0 Å². The molecule has 0 aromatic heterocycles. The molecule has 0 aliphatic heterocycles. The Morgan fingerprint density at radius 1 is 0.516 bits per heavy atom. The van der Waals surface area contributed by atoms with Gasteiger partial charge in [-0.25, -0.2) is 0 Å². The maximum absolute atomic E-state index is 6.29. The van der Waals surface area contributed by atoms with Crippen molar-refractivity contribution in [1.82, 2.24) is 0 Å². The number of hydrogen-bond acceptors (Lipinski definition) is 4. The summed E-state index contributed by atoms with van der Waals surface area (Å²) in [6, 6.07) is 35.6. The summed E-state index contributed by atoms with van der Waals surface area (Å²) in [5, 5.41) is 0.